The molecule has 2 N–H and O–H groups in total. The Kier molecular flexibility index (Phi) is 5.17. The van der Waals surface area contributed by atoms with E-state index in [0.717, 1.165) is 32.1 Å². The van der Waals surface area contributed by atoms with Gasteiger partial charge < -0.3 is 10.4 Å². The van der Waals surface area contributed by atoms with Gasteiger partial charge in [0.15, 0.2) is 5.15 Å². The van der Waals surface area contributed by atoms with Crippen LogP contribution in [0.25, 0.3) is 0 Å². The Balaban J connectivity index is 2.04. The van der Waals surface area contributed by atoms with E-state index in [-0.39, 0.29) is 23.9 Å². The highest BCUT2D eigenvalue weighted by molar-refractivity contribution is 6.32. The van der Waals surface area contributed by atoms with Gasteiger partial charge in [0.1, 0.15) is 0 Å². The lowest BCUT2D eigenvalue weighted by molar-refractivity contribution is -0.140. The minimum atomic E-state index is -0.843. The van der Waals surface area contributed by atoms with Crippen LogP contribution in [-0.4, -0.2) is 22.0 Å². The Morgan fingerprint density at radius 2 is 2.00 bits per heavy atom. The smallest absolute Gasteiger partial charge is 0.303 e. The fraction of sp³-hybridized carbons (Fsp3) is 0.533. The zero-order chi connectivity index (χ0) is 15.3. The Labute approximate surface area is 128 Å². The number of carbonyl (C=O) groups excluding carboxylic acids is 1. The van der Waals surface area contributed by atoms with Gasteiger partial charge in [-0.3, -0.25) is 9.59 Å². The second kappa shape index (κ2) is 6.89. The summed E-state index contributed by atoms with van der Waals surface area (Å²) in [4.78, 5) is 27.2. The van der Waals surface area contributed by atoms with Gasteiger partial charge in [0.05, 0.1) is 12.1 Å². The zero-order valence-corrected chi connectivity index (χ0v) is 12.5. The molecule has 1 saturated carbocycles. The van der Waals surface area contributed by atoms with Crippen molar-refractivity contribution < 1.29 is 14.7 Å². The number of carbonyl (C=O) groups is 2. The van der Waals surface area contributed by atoms with Crippen LogP contribution in [0.3, 0.4) is 0 Å². The van der Waals surface area contributed by atoms with E-state index in [1.165, 1.54) is 0 Å². The number of hydrogen-bond donors (Lipinski definition) is 2. The van der Waals surface area contributed by atoms with Crippen molar-refractivity contribution in [1.82, 2.24) is 4.98 Å². The van der Waals surface area contributed by atoms with Gasteiger partial charge in [-0.1, -0.05) is 30.9 Å². The Bertz CT molecular complexity index is 527. The summed E-state index contributed by atoms with van der Waals surface area (Å²) in [7, 11) is 0. The summed E-state index contributed by atoms with van der Waals surface area (Å²) in [6.07, 6.45) is 6.44. The van der Waals surface area contributed by atoms with E-state index in [9.17, 15) is 9.59 Å². The van der Waals surface area contributed by atoms with Crippen LogP contribution in [0.5, 0.6) is 0 Å². The highest BCUT2D eigenvalue weighted by Crippen LogP contribution is 2.42. The minimum Gasteiger partial charge on any atom is -0.481 e. The summed E-state index contributed by atoms with van der Waals surface area (Å²) in [5.41, 5.74) is 0.0357. The molecule has 2 rings (SSSR count). The van der Waals surface area contributed by atoms with Gasteiger partial charge in [-0.25, -0.2) is 4.98 Å². The SMILES string of the molecule is O=C(O)CC1(CC(=O)Nc2cccnc2Cl)CCCCC1. The van der Waals surface area contributed by atoms with Crippen molar-refractivity contribution in [2.24, 2.45) is 5.41 Å². The van der Waals surface area contributed by atoms with Crippen molar-refractivity contribution >= 4 is 29.2 Å². The van der Waals surface area contributed by atoms with Crippen LogP contribution in [-0.2, 0) is 9.59 Å². The number of carboxylic acids is 1. The van der Waals surface area contributed by atoms with Gasteiger partial charge in [-0.2, -0.15) is 0 Å². The molecule has 0 saturated heterocycles. The first-order valence-electron chi connectivity index (χ1n) is 7.13. The van der Waals surface area contributed by atoms with Gasteiger partial charge in [-0.15, -0.1) is 0 Å². The molecule has 1 heterocycles. The third-order valence-corrected chi connectivity index (χ3v) is 4.31. The number of aliphatic carboxylic acids is 1. The molecule has 114 valence electrons. The van der Waals surface area contributed by atoms with E-state index < -0.39 is 11.4 Å². The van der Waals surface area contributed by atoms with Gasteiger partial charge >= 0.3 is 5.97 Å². The van der Waals surface area contributed by atoms with Gasteiger partial charge in [0.25, 0.3) is 0 Å². The molecular weight excluding hydrogens is 292 g/mol. The summed E-state index contributed by atoms with van der Waals surface area (Å²) in [5, 5.41) is 12.1. The summed E-state index contributed by atoms with van der Waals surface area (Å²) >= 11 is 5.91. The Hall–Kier alpha value is -1.62. The maximum Gasteiger partial charge on any atom is 0.303 e. The number of nitrogens with one attached hydrogen (secondary N) is 1. The van der Waals surface area contributed by atoms with Crippen LogP contribution in [0.15, 0.2) is 18.3 Å². The number of pyridine rings is 1. The van der Waals surface area contributed by atoms with Crippen molar-refractivity contribution in [3.63, 3.8) is 0 Å². The number of carboxylic acid groups (broad SMARTS) is 1. The molecule has 0 aliphatic heterocycles. The van der Waals surface area contributed by atoms with Gasteiger partial charge in [0, 0.05) is 12.6 Å². The average Bonchev–Trinajstić information content (AvgIpc) is 2.41. The Morgan fingerprint density at radius 1 is 1.29 bits per heavy atom. The lowest BCUT2D eigenvalue weighted by Gasteiger charge is -2.35. The second-order valence-corrected chi connectivity index (χ2v) is 6.06. The largest absolute Gasteiger partial charge is 0.481 e. The molecule has 6 heteroatoms. The molecule has 1 aromatic heterocycles. The van der Waals surface area contributed by atoms with Gasteiger partial charge in [-0.05, 0) is 30.4 Å². The minimum absolute atomic E-state index is 0.0428. The molecule has 0 bridgehead atoms. The van der Waals surface area contributed by atoms with Crippen molar-refractivity contribution in [2.45, 2.75) is 44.9 Å². The lowest BCUT2D eigenvalue weighted by Crippen LogP contribution is -2.32. The standard InChI is InChI=1S/C15H19ClN2O3/c16-14-11(5-4-8-17-14)18-12(19)9-15(10-13(20)21)6-2-1-3-7-15/h4-5,8H,1-3,6-7,9-10H2,(H,18,19)(H,20,21). The fourth-order valence-corrected chi connectivity index (χ4v) is 3.22. The van der Waals surface area contributed by atoms with Crippen LogP contribution in [0.1, 0.15) is 44.9 Å². The van der Waals surface area contributed by atoms with Crippen molar-refractivity contribution in [3.8, 4) is 0 Å². The normalized spacial score (nSPS) is 17.2. The van der Waals surface area contributed by atoms with Crippen molar-refractivity contribution in [3.05, 3.63) is 23.5 Å². The van der Waals surface area contributed by atoms with Crippen molar-refractivity contribution in [1.29, 1.82) is 0 Å². The number of nitrogens with zero attached hydrogens (tertiary/aromatic N) is 1. The van der Waals surface area contributed by atoms with E-state index in [4.69, 9.17) is 16.7 Å². The third-order valence-electron chi connectivity index (χ3n) is 4.01. The van der Waals surface area contributed by atoms with E-state index in [0.29, 0.717) is 5.69 Å². The first-order valence-corrected chi connectivity index (χ1v) is 7.51. The predicted molar refractivity (Wildman–Crippen MR) is 80.3 cm³/mol. The molecule has 21 heavy (non-hydrogen) atoms. The molecule has 0 radical (unpaired) electrons. The first kappa shape index (κ1) is 15.8. The maximum absolute atomic E-state index is 12.2. The molecule has 1 aromatic rings. The molecule has 0 atom stereocenters. The lowest BCUT2D eigenvalue weighted by atomic mass is 9.69. The van der Waals surface area contributed by atoms with E-state index in [2.05, 4.69) is 10.3 Å². The average molecular weight is 311 g/mol. The topological polar surface area (TPSA) is 79.3 Å². The number of rotatable bonds is 5. The van der Waals surface area contributed by atoms with Crippen LogP contribution in [0.4, 0.5) is 5.69 Å². The summed E-state index contributed by atoms with van der Waals surface area (Å²) in [6.45, 7) is 0. The molecule has 5 nitrogen and oxygen atoms in total. The zero-order valence-electron chi connectivity index (χ0n) is 11.8. The Morgan fingerprint density at radius 3 is 2.62 bits per heavy atom. The van der Waals surface area contributed by atoms with E-state index in [1.807, 2.05) is 0 Å². The molecule has 1 fully saturated rings. The maximum atomic E-state index is 12.2. The molecule has 0 spiro atoms. The summed E-state index contributed by atoms with van der Waals surface area (Å²) in [5.74, 6) is -1.04. The van der Waals surface area contributed by atoms with E-state index in [1.54, 1.807) is 18.3 Å². The number of anilines is 1. The monoisotopic (exact) mass is 310 g/mol. The fourth-order valence-electron chi connectivity index (χ4n) is 3.05. The first-order chi connectivity index (χ1) is 10.0. The molecule has 1 aliphatic rings. The molecule has 0 unspecified atom stereocenters. The summed E-state index contributed by atoms with van der Waals surface area (Å²) < 4.78 is 0. The van der Waals surface area contributed by atoms with Gasteiger partial charge in [0.2, 0.25) is 5.91 Å². The van der Waals surface area contributed by atoms with Crippen LogP contribution in [0, 0.1) is 5.41 Å². The second-order valence-electron chi connectivity index (χ2n) is 5.70. The highest BCUT2D eigenvalue weighted by Gasteiger charge is 2.36. The van der Waals surface area contributed by atoms with Crippen LogP contribution >= 0.6 is 11.6 Å². The van der Waals surface area contributed by atoms with Crippen LogP contribution in [0.2, 0.25) is 5.15 Å². The molecule has 0 aromatic carbocycles. The number of hydrogen-bond acceptors (Lipinski definition) is 3. The van der Waals surface area contributed by atoms with Crippen molar-refractivity contribution in [2.75, 3.05) is 5.32 Å². The molecule has 1 aliphatic carbocycles. The number of halogens is 1. The molecular formula is C15H19ClN2O3. The highest BCUT2D eigenvalue weighted by atomic mass is 35.5. The van der Waals surface area contributed by atoms with Crippen LogP contribution < -0.4 is 5.32 Å². The number of amides is 1. The van der Waals surface area contributed by atoms with E-state index >= 15 is 0 Å². The predicted octanol–water partition coefficient (Wildman–Crippen LogP) is 3.49. The molecule has 1 amide bonds. The number of aromatic nitrogens is 1. The quantitative estimate of drug-likeness (QED) is 0.816. The third kappa shape index (κ3) is 4.43. The summed E-state index contributed by atoms with van der Waals surface area (Å²) in [6, 6.07) is 3.37.